The van der Waals surface area contributed by atoms with Crippen molar-refractivity contribution in [1.29, 1.82) is 0 Å². The largest absolute Gasteiger partial charge is 0.377 e. The van der Waals surface area contributed by atoms with E-state index in [1.807, 2.05) is 13.8 Å². The molecule has 0 aromatic carbocycles. The van der Waals surface area contributed by atoms with Crippen LogP contribution in [0.2, 0.25) is 0 Å². The van der Waals surface area contributed by atoms with Gasteiger partial charge in [-0.05, 0) is 52.9 Å². The molecule has 0 aromatic rings. The molecule has 1 heterocycles. The van der Waals surface area contributed by atoms with E-state index in [2.05, 4.69) is 29.0 Å². The molecule has 156 valence electrons. The molecule has 2 unspecified atom stereocenters. The van der Waals surface area contributed by atoms with Gasteiger partial charge in [-0.3, -0.25) is 9.79 Å². The highest BCUT2D eigenvalue weighted by Gasteiger charge is 2.27. The molecule has 2 atom stereocenters. The number of carbonyl (C=O) groups excluding carboxylic acids is 1. The number of carbonyl (C=O) groups is 1. The van der Waals surface area contributed by atoms with Gasteiger partial charge in [0, 0.05) is 31.1 Å². The highest BCUT2D eigenvalue weighted by atomic mass is 127. The molecule has 0 bridgehead atoms. The van der Waals surface area contributed by atoms with Gasteiger partial charge in [-0.25, -0.2) is 0 Å². The Kier molecular flexibility index (Phi) is 12.0. The van der Waals surface area contributed by atoms with Crippen LogP contribution in [0.4, 0.5) is 0 Å². The molecule has 0 radical (unpaired) electrons. The maximum Gasteiger partial charge on any atom is 0.223 e. The number of hydrogen-bond acceptors (Lipinski definition) is 3. The molecule has 1 amide bonds. The van der Waals surface area contributed by atoms with Crippen LogP contribution in [0.1, 0.15) is 59.3 Å². The third kappa shape index (κ3) is 9.27. The Morgan fingerprint density at radius 3 is 2.85 bits per heavy atom. The summed E-state index contributed by atoms with van der Waals surface area (Å²) in [6.07, 6.45) is 8.24. The van der Waals surface area contributed by atoms with E-state index in [0.717, 1.165) is 70.8 Å². The molecule has 2 rings (SSSR count). The van der Waals surface area contributed by atoms with Gasteiger partial charge in [0.25, 0.3) is 0 Å². The minimum Gasteiger partial charge on any atom is -0.377 e. The van der Waals surface area contributed by atoms with Gasteiger partial charge >= 0.3 is 0 Å². The lowest BCUT2D eigenvalue weighted by molar-refractivity contribution is -0.126. The fourth-order valence-corrected chi connectivity index (χ4v) is 3.58. The third-order valence-electron chi connectivity index (χ3n) is 4.92. The average molecular weight is 492 g/mol. The Hall–Kier alpha value is -0.830. The summed E-state index contributed by atoms with van der Waals surface area (Å²) in [5.41, 5.74) is 1.44. The van der Waals surface area contributed by atoms with Crippen molar-refractivity contribution in [3.05, 3.63) is 11.6 Å². The molecule has 27 heavy (non-hydrogen) atoms. The van der Waals surface area contributed by atoms with Gasteiger partial charge in [-0.15, -0.1) is 24.0 Å². The summed E-state index contributed by atoms with van der Waals surface area (Å²) < 4.78 is 5.35. The third-order valence-corrected chi connectivity index (χ3v) is 4.92. The van der Waals surface area contributed by atoms with E-state index in [9.17, 15) is 4.79 Å². The molecule has 6 nitrogen and oxygen atoms in total. The molecule has 0 aromatic heterocycles. The highest BCUT2D eigenvalue weighted by molar-refractivity contribution is 14.0. The lowest BCUT2D eigenvalue weighted by Gasteiger charge is -2.30. The predicted octanol–water partition coefficient (Wildman–Crippen LogP) is 2.98. The maximum atomic E-state index is 12.3. The zero-order valence-electron chi connectivity index (χ0n) is 17.1. The lowest BCUT2D eigenvalue weighted by Crippen LogP contribution is -2.47. The number of halogens is 1. The topological polar surface area (TPSA) is 74.8 Å². The predicted molar refractivity (Wildman–Crippen MR) is 122 cm³/mol. The van der Waals surface area contributed by atoms with Gasteiger partial charge in [-0.1, -0.05) is 18.1 Å². The summed E-state index contributed by atoms with van der Waals surface area (Å²) in [7, 11) is 0. The van der Waals surface area contributed by atoms with Crippen LogP contribution in [0.3, 0.4) is 0 Å². The molecule has 1 saturated carbocycles. The van der Waals surface area contributed by atoms with E-state index >= 15 is 0 Å². The van der Waals surface area contributed by atoms with Gasteiger partial charge in [0.2, 0.25) is 5.91 Å². The highest BCUT2D eigenvalue weighted by Crippen LogP contribution is 2.24. The molecule has 0 saturated heterocycles. The second-order valence-corrected chi connectivity index (χ2v) is 7.57. The second-order valence-electron chi connectivity index (χ2n) is 7.57. The van der Waals surface area contributed by atoms with Crippen molar-refractivity contribution >= 4 is 35.8 Å². The fourth-order valence-electron chi connectivity index (χ4n) is 3.58. The summed E-state index contributed by atoms with van der Waals surface area (Å²) in [5, 5.41) is 9.94. The quantitative estimate of drug-likeness (QED) is 0.221. The molecular formula is C20H37IN4O2. The lowest BCUT2D eigenvalue weighted by atomic mass is 9.85. The van der Waals surface area contributed by atoms with Crippen LogP contribution in [0.15, 0.2) is 16.6 Å². The Bertz CT molecular complexity index is 508. The van der Waals surface area contributed by atoms with Gasteiger partial charge in [0.15, 0.2) is 5.96 Å². The van der Waals surface area contributed by atoms with E-state index in [1.54, 1.807) is 0 Å². The molecule has 2 aliphatic rings. The summed E-state index contributed by atoms with van der Waals surface area (Å²) in [5.74, 6) is 1.17. The molecule has 1 aliphatic carbocycles. The molecule has 1 aliphatic heterocycles. The van der Waals surface area contributed by atoms with E-state index in [1.165, 1.54) is 5.57 Å². The first kappa shape index (κ1) is 24.2. The van der Waals surface area contributed by atoms with Crippen molar-refractivity contribution in [1.82, 2.24) is 16.0 Å². The fraction of sp³-hybridized carbons (Fsp3) is 0.800. The van der Waals surface area contributed by atoms with Crippen LogP contribution in [0.5, 0.6) is 0 Å². The number of rotatable bonds is 7. The number of ether oxygens (including phenoxy) is 1. The number of nitrogens with one attached hydrogen (secondary N) is 3. The van der Waals surface area contributed by atoms with Crippen molar-refractivity contribution in [2.24, 2.45) is 10.9 Å². The molecular weight excluding hydrogens is 455 g/mol. The van der Waals surface area contributed by atoms with Crippen molar-refractivity contribution in [3.8, 4) is 0 Å². The van der Waals surface area contributed by atoms with Crippen molar-refractivity contribution < 1.29 is 9.53 Å². The zero-order valence-corrected chi connectivity index (χ0v) is 19.4. The SMILES string of the molecule is CCNC(=NCCC1=CCOCC1)NC1CCCC(C(=O)NC(C)C)C1.I. The first-order valence-corrected chi connectivity index (χ1v) is 10.2. The Morgan fingerprint density at radius 2 is 2.19 bits per heavy atom. The van der Waals surface area contributed by atoms with Gasteiger partial charge in [0.1, 0.15) is 0 Å². The molecule has 1 fully saturated rings. The number of nitrogens with zero attached hydrogens (tertiary/aromatic N) is 1. The maximum absolute atomic E-state index is 12.3. The molecule has 0 spiro atoms. The first-order chi connectivity index (χ1) is 12.6. The minimum atomic E-state index is 0. The van der Waals surface area contributed by atoms with Crippen molar-refractivity contribution in [2.75, 3.05) is 26.3 Å². The average Bonchev–Trinajstić information content (AvgIpc) is 2.62. The normalized spacial score (nSPS) is 23.3. The summed E-state index contributed by atoms with van der Waals surface area (Å²) in [6, 6.07) is 0.515. The van der Waals surface area contributed by atoms with E-state index < -0.39 is 0 Å². The number of aliphatic imine (C=N–C) groups is 1. The Morgan fingerprint density at radius 1 is 1.37 bits per heavy atom. The summed E-state index contributed by atoms with van der Waals surface area (Å²) in [6.45, 7) is 9.30. The Balaban J connectivity index is 0.00000364. The summed E-state index contributed by atoms with van der Waals surface area (Å²) in [4.78, 5) is 17.0. The van der Waals surface area contributed by atoms with Gasteiger partial charge in [0.05, 0.1) is 13.2 Å². The van der Waals surface area contributed by atoms with Crippen LogP contribution >= 0.6 is 24.0 Å². The number of amides is 1. The van der Waals surface area contributed by atoms with E-state index in [-0.39, 0.29) is 41.8 Å². The Labute approximate surface area is 181 Å². The van der Waals surface area contributed by atoms with Gasteiger partial charge in [-0.2, -0.15) is 0 Å². The van der Waals surface area contributed by atoms with Crippen LogP contribution in [0.25, 0.3) is 0 Å². The van der Waals surface area contributed by atoms with E-state index in [0.29, 0.717) is 6.04 Å². The van der Waals surface area contributed by atoms with Crippen molar-refractivity contribution in [2.45, 2.75) is 71.4 Å². The number of guanidine groups is 1. The zero-order chi connectivity index (χ0) is 18.8. The molecule has 7 heteroatoms. The van der Waals surface area contributed by atoms with Crippen LogP contribution < -0.4 is 16.0 Å². The van der Waals surface area contributed by atoms with Crippen molar-refractivity contribution in [3.63, 3.8) is 0 Å². The first-order valence-electron chi connectivity index (χ1n) is 10.2. The monoisotopic (exact) mass is 492 g/mol. The minimum absolute atomic E-state index is 0. The molecule has 3 N–H and O–H groups in total. The van der Waals surface area contributed by atoms with Crippen LogP contribution in [-0.2, 0) is 9.53 Å². The van der Waals surface area contributed by atoms with E-state index in [4.69, 9.17) is 9.73 Å². The number of hydrogen-bond donors (Lipinski definition) is 3. The van der Waals surface area contributed by atoms with Crippen LogP contribution in [0, 0.1) is 5.92 Å². The smallest absolute Gasteiger partial charge is 0.223 e. The van der Waals surface area contributed by atoms with Gasteiger partial charge < -0.3 is 20.7 Å². The summed E-state index contributed by atoms with van der Waals surface area (Å²) >= 11 is 0. The second kappa shape index (κ2) is 13.4. The standard InChI is InChI=1S/C20H36N4O2.HI/c1-4-21-20(22-11-8-16-9-12-26-13-10-16)24-18-7-5-6-17(14-18)19(25)23-15(2)3;/h9,15,17-18H,4-8,10-14H2,1-3H3,(H,23,25)(H2,21,22,24);1H. The van der Waals surface area contributed by atoms with Crippen LogP contribution in [-0.4, -0.2) is 50.3 Å².